The Morgan fingerprint density at radius 2 is 1.31 bits per heavy atom. The number of H-pyrrole nitrogens is 1. The molecule has 2 amide bonds. The van der Waals surface area contributed by atoms with Gasteiger partial charge in [0.25, 0.3) is 0 Å². The molecule has 3 aromatic carbocycles. The number of rotatable bonds is 10. The number of carbonyl (C=O) groups excluding carboxylic acids is 2. The number of benzene rings is 3. The van der Waals surface area contributed by atoms with Crippen molar-refractivity contribution in [2.75, 3.05) is 0 Å². The van der Waals surface area contributed by atoms with E-state index in [1.807, 2.05) is 84.9 Å². The number of carboxylic acid groups (broad SMARTS) is 1. The lowest BCUT2D eigenvalue weighted by Crippen LogP contribution is -2.53. The highest BCUT2D eigenvalue weighted by Gasteiger charge is 2.27. The van der Waals surface area contributed by atoms with Gasteiger partial charge >= 0.3 is 5.97 Å². The van der Waals surface area contributed by atoms with Gasteiger partial charge in [-0.05, 0) is 22.8 Å². The molecule has 4 aromatic rings. The molecule has 7 heteroatoms. The van der Waals surface area contributed by atoms with Gasteiger partial charge in [-0.1, -0.05) is 78.9 Å². The van der Waals surface area contributed by atoms with Crippen molar-refractivity contribution in [3.05, 3.63) is 108 Å². The minimum Gasteiger partial charge on any atom is -0.480 e. The summed E-state index contributed by atoms with van der Waals surface area (Å²) in [6.07, 6.45) is 2.26. The second-order valence-electron chi connectivity index (χ2n) is 8.44. The molecule has 0 spiro atoms. The molecule has 4 N–H and O–H groups in total. The van der Waals surface area contributed by atoms with Crippen LogP contribution in [0.5, 0.6) is 0 Å². The molecule has 0 saturated heterocycles. The Morgan fingerprint density at radius 1 is 0.743 bits per heavy atom. The molecule has 1 aromatic heterocycles. The van der Waals surface area contributed by atoms with E-state index in [0.29, 0.717) is 0 Å². The molecule has 0 unspecified atom stereocenters. The van der Waals surface area contributed by atoms with Gasteiger partial charge in [-0.15, -0.1) is 0 Å². The molecule has 2 atom stereocenters. The molecule has 0 fully saturated rings. The Morgan fingerprint density at radius 3 is 1.94 bits per heavy atom. The lowest BCUT2D eigenvalue weighted by molar-refractivity contribution is -0.142. The van der Waals surface area contributed by atoms with E-state index in [1.165, 1.54) is 0 Å². The first-order valence-electron chi connectivity index (χ1n) is 11.4. The van der Waals surface area contributed by atoms with E-state index < -0.39 is 24.0 Å². The van der Waals surface area contributed by atoms with Crippen molar-refractivity contribution in [3.8, 4) is 0 Å². The molecule has 178 valence electrons. The normalized spacial score (nSPS) is 12.6. The highest BCUT2D eigenvalue weighted by Crippen LogP contribution is 2.18. The topological polar surface area (TPSA) is 111 Å². The molecular weight excluding hydrogens is 442 g/mol. The number of nitrogens with one attached hydrogen (secondary N) is 3. The van der Waals surface area contributed by atoms with Crippen LogP contribution in [0.4, 0.5) is 0 Å². The number of amides is 2. The molecule has 0 aliphatic rings. The van der Waals surface area contributed by atoms with Gasteiger partial charge in [0.05, 0.1) is 6.42 Å². The maximum Gasteiger partial charge on any atom is 0.326 e. The van der Waals surface area contributed by atoms with Gasteiger partial charge in [0, 0.05) is 29.9 Å². The van der Waals surface area contributed by atoms with Crippen molar-refractivity contribution in [3.63, 3.8) is 0 Å². The summed E-state index contributed by atoms with van der Waals surface area (Å²) in [6.45, 7) is 0. The van der Waals surface area contributed by atoms with Crippen LogP contribution in [0.1, 0.15) is 16.7 Å². The maximum absolute atomic E-state index is 13.2. The predicted molar refractivity (Wildman–Crippen MR) is 134 cm³/mol. The van der Waals surface area contributed by atoms with Gasteiger partial charge in [0.2, 0.25) is 11.8 Å². The van der Waals surface area contributed by atoms with E-state index in [-0.39, 0.29) is 25.2 Å². The van der Waals surface area contributed by atoms with Crippen LogP contribution in [-0.2, 0) is 33.6 Å². The zero-order valence-electron chi connectivity index (χ0n) is 19.1. The van der Waals surface area contributed by atoms with Gasteiger partial charge in [0.1, 0.15) is 12.1 Å². The van der Waals surface area contributed by atoms with E-state index >= 15 is 0 Å². The lowest BCUT2D eigenvalue weighted by Gasteiger charge is -2.22. The summed E-state index contributed by atoms with van der Waals surface area (Å²) in [5.74, 6) is -1.99. The molecule has 0 aliphatic heterocycles. The fourth-order valence-corrected chi connectivity index (χ4v) is 4.08. The van der Waals surface area contributed by atoms with Crippen LogP contribution in [0.15, 0.2) is 91.1 Å². The molecular formula is C28H27N3O4. The highest BCUT2D eigenvalue weighted by molar-refractivity contribution is 5.93. The van der Waals surface area contributed by atoms with Gasteiger partial charge < -0.3 is 20.7 Å². The van der Waals surface area contributed by atoms with Gasteiger partial charge in [-0.25, -0.2) is 4.79 Å². The van der Waals surface area contributed by atoms with Gasteiger partial charge in [-0.3, -0.25) is 9.59 Å². The number of aliphatic carboxylic acids is 1. The van der Waals surface area contributed by atoms with Crippen LogP contribution < -0.4 is 10.6 Å². The quantitative estimate of drug-likeness (QED) is 0.286. The second kappa shape index (κ2) is 11.2. The Bertz CT molecular complexity index is 1300. The number of carboxylic acids is 1. The third-order valence-electron chi connectivity index (χ3n) is 5.86. The zero-order valence-corrected chi connectivity index (χ0v) is 19.1. The summed E-state index contributed by atoms with van der Waals surface area (Å²) in [5, 5.41) is 16.1. The Balaban J connectivity index is 1.49. The number of para-hydroxylation sites is 1. The fraction of sp³-hybridized carbons (Fsp3) is 0.179. The smallest absolute Gasteiger partial charge is 0.326 e. The average molecular weight is 470 g/mol. The van der Waals surface area contributed by atoms with Crippen LogP contribution in [0.3, 0.4) is 0 Å². The van der Waals surface area contributed by atoms with Gasteiger partial charge in [-0.2, -0.15) is 0 Å². The first kappa shape index (κ1) is 23.8. The summed E-state index contributed by atoms with van der Waals surface area (Å²) < 4.78 is 0. The number of hydrogen-bond donors (Lipinski definition) is 4. The van der Waals surface area contributed by atoms with Crippen molar-refractivity contribution in [1.82, 2.24) is 15.6 Å². The van der Waals surface area contributed by atoms with Crippen molar-refractivity contribution in [2.24, 2.45) is 0 Å². The Kier molecular flexibility index (Phi) is 7.57. The largest absolute Gasteiger partial charge is 0.480 e. The van der Waals surface area contributed by atoms with Crippen LogP contribution in [-0.4, -0.2) is 40.0 Å². The Hall–Kier alpha value is -4.39. The standard InChI is InChI=1S/C28H27N3O4/c32-26(17-21-18-29-23-14-8-7-13-22(21)23)30-24(15-19-9-3-1-4-10-19)27(33)31-25(28(34)35)16-20-11-5-2-6-12-20/h1-14,18,24-25,29H,15-17H2,(H,30,32)(H,31,33)(H,34,35)/t24-,25-/m1/s1. The SMILES string of the molecule is O=C(Cc1c[nH]c2ccccc12)N[C@H](Cc1ccccc1)C(=O)N[C@H](Cc1ccccc1)C(=O)O. The Labute approximate surface area is 203 Å². The second-order valence-corrected chi connectivity index (χ2v) is 8.44. The molecule has 0 radical (unpaired) electrons. The minimum absolute atomic E-state index is 0.0922. The third kappa shape index (κ3) is 6.35. The minimum atomic E-state index is -1.13. The predicted octanol–water partition coefficient (Wildman–Crippen LogP) is 3.25. The van der Waals surface area contributed by atoms with Crippen LogP contribution in [0.2, 0.25) is 0 Å². The number of aromatic amines is 1. The van der Waals surface area contributed by atoms with Gasteiger partial charge in [0.15, 0.2) is 0 Å². The summed E-state index contributed by atoms with van der Waals surface area (Å²) in [6, 6.07) is 24.1. The summed E-state index contributed by atoms with van der Waals surface area (Å²) in [4.78, 5) is 41.2. The third-order valence-corrected chi connectivity index (χ3v) is 5.86. The van der Waals surface area contributed by atoms with Crippen LogP contribution in [0, 0.1) is 0 Å². The molecule has 0 saturated carbocycles. The van der Waals surface area contributed by atoms with Crippen molar-refractivity contribution < 1.29 is 19.5 Å². The average Bonchev–Trinajstić information content (AvgIpc) is 3.27. The molecule has 35 heavy (non-hydrogen) atoms. The monoisotopic (exact) mass is 469 g/mol. The molecule has 0 aliphatic carbocycles. The molecule has 1 heterocycles. The van der Waals surface area contributed by atoms with E-state index in [2.05, 4.69) is 15.6 Å². The van der Waals surface area contributed by atoms with Crippen molar-refractivity contribution in [2.45, 2.75) is 31.3 Å². The number of hydrogen-bond acceptors (Lipinski definition) is 3. The highest BCUT2D eigenvalue weighted by atomic mass is 16.4. The van der Waals surface area contributed by atoms with Crippen LogP contribution >= 0.6 is 0 Å². The first-order chi connectivity index (χ1) is 17.0. The van der Waals surface area contributed by atoms with E-state index in [9.17, 15) is 19.5 Å². The van der Waals surface area contributed by atoms with E-state index in [0.717, 1.165) is 27.6 Å². The van der Waals surface area contributed by atoms with Crippen LogP contribution in [0.25, 0.3) is 10.9 Å². The number of fused-ring (bicyclic) bond motifs is 1. The summed E-state index contributed by atoms with van der Waals surface area (Å²) in [5.41, 5.74) is 3.40. The first-order valence-corrected chi connectivity index (χ1v) is 11.4. The maximum atomic E-state index is 13.2. The van der Waals surface area contributed by atoms with E-state index in [1.54, 1.807) is 6.20 Å². The zero-order chi connectivity index (χ0) is 24.6. The van der Waals surface area contributed by atoms with E-state index in [4.69, 9.17) is 0 Å². The number of carbonyl (C=O) groups is 3. The molecule has 7 nitrogen and oxygen atoms in total. The number of aromatic nitrogens is 1. The summed E-state index contributed by atoms with van der Waals surface area (Å²) >= 11 is 0. The van der Waals surface area contributed by atoms with Crippen molar-refractivity contribution in [1.29, 1.82) is 0 Å². The van der Waals surface area contributed by atoms with Crippen molar-refractivity contribution >= 4 is 28.7 Å². The lowest BCUT2D eigenvalue weighted by atomic mass is 10.0. The molecule has 4 rings (SSSR count). The molecule has 0 bridgehead atoms. The fourth-order valence-electron chi connectivity index (χ4n) is 4.08. The summed E-state index contributed by atoms with van der Waals surface area (Å²) in [7, 11) is 0.